The van der Waals surface area contributed by atoms with Crippen LogP contribution >= 0.6 is 11.6 Å². The fraction of sp³-hybridized carbons (Fsp3) is 0.304. The molecule has 1 amide bonds. The van der Waals surface area contributed by atoms with Gasteiger partial charge in [0.2, 0.25) is 11.8 Å². The van der Waals surface area contributed by atoms with Crippen molar-refractivity contribution in [2.45, 2.75) is 30.2 Å². The lowest BCUT2D eigenvalue weighted by Crippen LogP contribution is -2.43. The van der Waals surface area contributed by atoms with E-state index in [2.05, 4.69) is 15.3 Å². The number of nitrogens with one attached hydrogen (secondary N) is 1. The summed E-state index contributed by atoms with van der Waals surface area (Å²) >= 11 is 5.91. The standard InChI is InChI=1S/C23H22ClN5O3S/c1-29-13-16(5-9-20(29)30)26-23-21-18(10-11-33(21)31)27-22(28-23)14-2-8-19(25-12-14)32-17-6-3-15(24)4-7-17/h2-4,6-8,12,16H,5,9-11,13H2,1H3,(H,26,27,28)/t16-,33+/m0/s1. The van der Waals surface area contributed by atoms with Gasteiger partial charge in [-0.1, -0.05) is 11.6 Å². The van der Waals surface area contributed by atoms with Crippen molar-refractivity contribution < 1.29 is 13.7 Å². The summed E-state index contributed by atoms with van der Waals surface area (Å²) in [4.78, 5) is 28.0. The van der Waals surface area contributed by atoms with Gasteiger partial charge in [-0.05, 0) is 36.8 Å². The number of piperidine rings is 1. The van der Waals surface area contributed by atoms with Gasteiger partial charge in [0.15, 0.2) is 5.82 Å². The number of nitrogens with zero attached hydrogens (tertiary/aromatic N) is 4. The quantitative estimate of drug-likeness (QED) is 0.591. The van der Waals surface area contributed by atoms with Crippen LogP contribution in [0.2, 0.25) is 5.02 Å². The Morgan fingerprint density at radius 2 is 1.97 bits per heavy atom. The third-order valence-corrected chi connectivity index (χ3v) is 7.40. The number of carbonyl (C=O) groups is 1. The summed E-state index contributed by atoms with van der Waals surface area (Å²) in [5.41, 5.74) is 1.53. The van der Waals surface area contributed by atoms with Crippen LogP contribution in [0.4, 0.5) is 5.82 Å². The third kappa shape index (κ3) is 4.69. The van der Waals surface area contributed by atoms with Crippen LogP contribution < -0.4 is 10.1 Å². The van der Waals surface area contributed by atoms with Crippen LogP contribution in [0.1, 0.15) is 18.5 Å². The third-order valence-electron chi connectivity index (χ3n) is 5.69. The number of pyridine rings is 1. The molecule has 2 aliphatic heterocycles. The Kier molecular flexibility index (Phi) is 5.99. The van der Waals surface area contributed by atoms with Gasteiger partial charge in [-0.25, -0.2) is 15.0 Å². The Balaban J connectivity index is 1.40. The Labute approximate surface area is 198 Å². The number of benzene rings is 1. The number of hydrogen-bond donors (Lipinski definition) is 1. The van der Waals surface area contributed by atoms with Crippen molar-refractivity contribution in [2.24, 2.45) is 0 Å². The first kappa shape index (κ1) is 21.8. The Hall–Kier alpha value is -3.04. The summed E-state index contributed by atoms with van der Waals surface area (Å²) in [5, 5.41) is 4.06. The molecule has 170 valence electrons. The topological polar surface area (TPSA) is 97.3 Å². The second kappa shape index (κ2) is 9.07. The highest BCUT2D eigenvalue weighted by Crippen LogP contribution is 2.32. The first-order valence-corrected chi connectivity index (χ1v) is 12.4. The molecule has 3 aromatic rings. The predicted molar refractivity (Wildman–Crippen MR) is 126 cm³/mol. The summed E-state index contributed by atoms with van der Waals surface area (Å²) in [7, 11) is 0.660. The second-order valence-electron chi connectivity index (χ2n) is 8.07. The monoisotopic (exact) mass is 483 g/mol. The lowest BCUT2D eigenvalue weighted by atomic mass is 10.1. The number of carbonyl (C=O) groups excluding carboxylic acids is 1. The highest BCUT2D eigenvalue weighted by Gasteiger charge is 2.29. The Morgan fingerprint density at radius 3 is 2.70 bits per heavy atom. The summed E-state index contributed by atoms with van der Waals surface area (Å²) < 4.78 is 18.4. The minimum absolute atomic E-state index is 0.0467. The smallest absolute Gasteiger partial charge is 0.222 e. The van der Waals surface area contributed by atoms with Crippen molar-refractivity contribution in [1.29, 1.82) is 0 Å². The molecule has 0 radical (unpaired) electrons. The van der Waals surface area contributed by atoms with Crippen LogP contribution in [0, 0.1) is 0 Å². The van der Waals surface area contributed by atoms with Gasteiger partial charge in [0, 0.05) is 61.1 Å². The average molecular weight is 484 g/mol. The molecule has 0 spiro atoms. The zero-order valence-electron chi connectivity index (χ0n) is 18.0. The summed E-state index contributed by atoms with van der Waals surface area (Å²) in [5.74, 6) is 2.85. The van der Waals surface area contributed by atoms with Crippen molar-refractivity contribution in [3.05, 3.63) is 53.3 Å². The van der Waals surface area contributed by atoms with Crippen molar-refractivity contribution in [1.82, 2.24) is 19.9 Å². The highest BCUT2D eigenvalue weighted by atomic mass is 35.5. The molecule has 33 heavy (non-hydrogen) atoms. The normalized spacial score (nSPS) is 19.9. The van der Waals surface area contributed by atoms with Crippen LogP contribution in [0.25, 0.3) is 11.4 Å². The van der Waals surface area contributed by atoms with Gasteiger partial charge in [0.1, 0.15) is 16.5 Å². The van der Waals surface area contributed by atoms with Gasteiger partial charge >= 0.3 is 0 Å². The molecule has 0 aliphatic carbocycles. The number of likely N-dealkylation sites (N-methyl/N-ethyl adjacent to an activating group) is 1. The predicted octanol–water partition coefficient (Wildman–Crippen LogP) is 3.68. The summed E-state index contributed by atoms with van der Waals surface area (Å²) in [6, 6.07) is 10.7. The number of fused-ring (bicyclic) bond motifs is 1. The van der Waals surface area contributed by atoms with Gasteiger partial charge in [0.05, 0.1) is 16.5 Å². The molecule has 8 nitrogen and oxygen atoms in total. The second-order valence-corrected chi connectivity index (χ2v) is 10.0. The molecule has 10 heteroatoms. The molecular formula is C23H22ClN5O3S. The minimum atomic E-state index is -1.14. The molecule has 0 unspecified atom stereocenters. The first-order valence-electron chi connectivity index (χ1n) is 10.7. The van der Waals surface area contributed by atoms with Gasteiger partial charge < -0.3 is 15.0 Å². The molecular weight excluding hydrogens is 462 g/mol. The number of anilines is 1. The molecule has 2 aromatic heterocycles. The van der Waals surface area contributed by atoms with E-state index in [1.165, 1.54) is 0 Å². The summed E-state index contributed by atoms with van der Waals surface area (Å²) in [6.07, 6.45) is 3.49. The van der Waals surface area contributed by atoms with Crippen molar-refractivity contribution >= 4 is 34.1 Å². The molecule has 2 aliphatic rings. The van der Waals surface area contributed by atoms with E-state index in [1.807, 2.05) is 6.07 Å². The number of ether oxygens (including phenoxy) is 1. The van der Waals surface area contributed by atoms with Crippen molar-refractivity contribution in [3.63, 3.8) is 0 Å². The van der Waals surface area contributed by atoms with Crippen molar-refractivity contribution in [3.8, 4) is 23.0 Å². The van der Waals surface area contributed by atoms with Gasteiger partial charge in [-0.3, -0.25) is 9.00 Å². The van der Waals surface area contributed by atoms with Gasteiger partial charge in [-0.2, -0.15) is 0 Å². The fourth-order valence-corrected chi connectivity index (χ4v) is 5.38. The Morgan fingerprint density at radius 1 is 1.15 bits per heavy atom. The fourth-order valence-electron chi connectivity index (χ4n) is 3.94. The zero-order chi connectivity index (χ0) is 22.9. The largest absolute Gasteiger partial charge is 0.439 e. The average Bonchev–Trinajstić information content (AvgIpc) is 3.19. The maximum absolute atomic E-state index is 12.6. The van der Waals surface area contributed by atoms with Gasteiger partial charge in [-0.15, -0.1) is 0 Å². The SMILES string of the molecule is CN1C[C@@H](Nc2nc(-c3ccc(Oc4ccc(Cl)cc4)nc3)nc3c2[S@](=O)CC3)CCC1=O. The maximum atomic E-state index is 12.6. The van der Waals surface area contributed by atoms with E-state index >= 15 is 0 Å². The van der Waals surface area contributed by atoms with E-state index in [0.29, 0.717) is 64.7 Å². The van der Waals surface area contributed by atoms with E-state index in [4.69, 9.17) is 21.3 Å². The molecule has 5 rings (SSSR count). The number of hydrogen-bond acceptors (Lipinski definition) is 7. The molecule has 4 heterocycles. The van der Waals surface area contributed by atoms with Crippen LogP contribution in [-0.4, -0.2) is 55.4 Å². The lowest BCUT2D eigenvalue weighted by Gasteiger charge is -2.30. The number of likely N-dealkylation sites (tertiary alicyclic amines) is 1. The number of halogens is 1. The molecule has 0 saturated carbocycles. The highest BCUT2D eigenvalue weighted by molar-refractivity contribution is 7.85. The zero-order valence-corrected chi connectivity index (χ0v) is 19.5. The maximum Gasteiger partial charge on any atom is 0.222 e. The number of aromatic nitrogens is 3. The van der Waals surface area contributed by atoms with E-state index in [9.17, 15) is 9.00 Å². The van der Waals surface area contributed by atoms with Crippen LogP contribution in [-0.2, 0) is 22.0 Å². The molecule has 1 saturated heterocycles. The van der Waals surface area contributed by atoms with Crippen LogP contribution in [0.5, 0.6) is 11.6 Å². The number of rotatable bonds is 5. The molecule has 1 fully saturated rings. The van der Waals surface area contributed by atoms with E-state index < -0.39 is 10.8 Å². The summed E-state index contributed by atoms with van der Waals surface area (Å²) in [6.45, 7) is 0.581. The first-order chi connectivity index (χ1) is 16.0. The van der Waals surface area contributed by atoms with Crippen molar-refractivity contribution in [2.75, 3.05) is 24.7 Å². The number of amides is 1. The van der Waals surface area contributed by atoms with E-state index in [1.54, 1.807) is 48.5 Å². The number of aryl methyl sites for hydroxylation is 1. The molecule has 0 bridgehead atoms. The van der Waals surface area contributed by atoms with E-state index in [0.717, 1.165) is 11.3 Å². The molecule has 2 atom stereocenters. The van der Waals surface area contributed by atoms with E-state index in [-0.39, 0.29) is 11.9 Å². The minimum Gasteiger partial charge on any atom is -0.439 e. The lowest BCUT2D eigenvalue weighted by molar-refractivity contribution is -0.132. The van der Waals surface area contributed by atoms with Crippen LogP contribution in [0.15, 0.2) is 47.5 Å². The molecule has 1 aromatic carbocycles. The molecule has 1 N–H and O–H groups in total. The van der Waals surface area contributed by atoms with Gasteiger partial charge in [0.25, 0.3) is 0 Å². The van der Waals surface area contributed by atoms with Crippen LogP contribution in [0.3, 0.4) is 0 Å². The Bertz CT molecular complexity index is 1220.